The van der Waals surface area contributed by atoms with E-state index in [0.29, 0.717) is 22.2 Å². The van der Waals surface area contributed by atoms with Crippen molar-refractivity contribution in [1.29, 1.82) is 0 Å². The van der Waals surface area contributed by atoms with Crippen molar-refractivity contribution >= 4 is 40.7 Å². The molecule has 1 unspecified atom stereocenters. The molecule has 0 saturated carbocycles. The van der Waals surface area contributed by atoms with Gasteiger partial charge in [0.25, 0.3) is 11.5 Å². The van der Waals surface area contributed by atoms with Crippen LogP contribution in [0.15, 0.2) is 35.3 Å². The fraction of sp³-hybridized carbons (Fsp3) is 0.368. The molecule has 1 aromatic carbocycles. The summed E-state index contributed by atoms with van der Waals surface area (Å²) >= 11 is 18.3. The van der Waals surface area contributed by atoms with Crippen molar-refractivity contribution in [3.8, 4) is 5.69 Å². The molecule has 0 aliphatic carbocycles. The summed E-state index contributed by atoms with van der Waals surface area (Å²) in [5.41, 5.74) is 0.469. The highest BCUT2D eigenvalue weighted by molar-refractivity contribution is 6.43. The number of nitrogens with zero attached hydrogens (tertiary/aromatic N) is 2. The molecule has 0 spiro atoms. The number of carbonyl (C=O) groups is 1. The Morgan fingerprint density at radius 3 is 2.41 bits per heavy atom. The molecule has 2 bridgehead atoms. The van der Waals surface area contributed by atoms with E-state index in [1.54, 1.807) is 0 Å². The lowest BCUT2D eigenvalue weighted by atomic mass is 9.84. The largest absolute Gasteiger partial charge is 0.348 e. The minimum absolute atomic E-state index is 0.147. The third-order valence-corrected chi connectivity index (χ3v) is 6.42. The number of nitrogens with one attached hydrogen (secondary N) is 1. The first-order valence-electron chi connectivity index (χ1n) is 8.83. The topological polar surface area (TPSA) is 54.3 Å². The number of carbonyl (C=O) groups excluding carboxylic acids is 1. The van der Waals surface area contributed by atoms with Gasteiger partial charge in [-0.3, -0.25) is 14.2 Å². The second kappa shape index (κ2) is 7.47. The second-order valence-electron chi connectivity index (χ2n) is 7.06. The Morgan fingerprint density at radius 2 is 1.74 bits per heavy atom. The number of aromatic nitrogens is 1. The first-order valence-corrected chi connectivity index (χ1v) is 9.96. The number of hydrogen-bond donors (Lipinski definition) is 1. The highest BCUT2D eigenvalue weighted by Crippen LogP contribution is 2.31. The second-order valence-corrected chi connectivity index (χ2v) is 8.28. The summed E-state index contributed by atoms with van der Waals surface area (Å²) in [6, 6.07) is 6.02. The fourth-order valence-corrected chi connectivity index (χ4v) is 4.52. The van der Waals surface area contributed by atoms with E-state index in [2.05, 4.69) is 10.2 Å². The zero-order valence-corrected chi connectivity index (χ0v) is 16.7. The zero-order chi connectivity index (χ0) is 19.1. The quantitative estimate of drug-likeness (QED) is 0.763. The van der Waals surface area contributed by atoms with Crippen LogP contribution in [0.1, 0.15) is 23.2 Å². The molecule has 3 fully saturated rings. The lowest BCUT2D eigenvalue weighted by molar-refractivity contribution is 0.0620. The van der Waals surface area contributed by atoms with Gasteiger partial charge in [0.1, 0.15) is 0 Å². The number of halogens is 3. The van der Waals surface area contributed by atoms with Crippen molar-refractivity contribution < 1.29 is 4.79 Å². The molecule has 3 saturated heterocycles. The van der Waals surface area contributed by atoms with E-state index in [0.717, 1.165) is 32.5 Å². The molecule has 1 aromatic heterocycles. The van der Waals surface area contributed by atoms with Gasteiger partial charge < -0.3 is 10.2 Å². The van der Waals surface area contributed by atoms with Crippen LogP contribution in [0, 0.1) is 5.92 Å². The van der Waals surface area contributed by atoms with Crippen molar-refractivity contribution in [3.63, 3.8) is 0 Å². The number of fused-ring (bicyclic) bond motifs is 3. The third kappa shape index (κ3) is 3.74. The maximum Gasteiger partial charge on any atom is 0.255 e. The van der Waals surface area contributed by atoms with Crippen LogP contribution in [-0.4, -0.2) is 41.1 Å². The standard InChI is InChI=1S/C19H18Cl3N3O2/c20-13-7-15(22)17(8-14(13)21)25-9-12(1-2-18(25)26)19(27)23-16-10-24-5-3-11(16)4-6-24/h1-2,7-9,11,16H,3-6,10H2,(H,23,27). The van der Waals surface area contributed by atoms with E-state index in [9.17, 15) is 9.59 Å². The molecule has 3 aliphatic heterocycles. The smallest absolute Gasteiger partial charge is 0.255 e. The maximum absolute atomic E-state index is 12.8. The molecule has 1 amide bonds. The Labute approximate surface area is 171 Å². The van der Waals surface area contributed by atoms with E-state index in [-0.39, 0.29) is 27.6 Å². The number of benzene rings is 1. The zero-order valence-electron chi connectivity index (χ0n) is 14.4. The lowest BCUT2D eigenvalue weighted by Gasteiger charge is -2.44. The molecule has 5 rings (SSSR count). The van der Waals surface area contributed by atoms with Crippen molar-refractivity contribution in [2.45, 2.75) is 18.9 Å². The molecule has 27 heavy (non-hydrogen) atoms. The van der Waals surface area contributed by atoms with Gasteiger partial charge in [0.15, 0.2) is 0 Å². The van der Waals surface area contributed by atoms with Gasteiger partial charge in [0.05, 0.1) is 26.3 Å². The van der Waals surface area contributed by atoms with Crippen LogP contribution in [-0.2, 0) is 0 Å². The summed E-state index contributed by atoms with van der Waals surface area (Å²) < 4.78 is 1.32. The molecular formula is C19H18Cl3N3O2. The Balaban J connectivity index is 1.62. The van der Waals surface area contributed by atoms with Gasteiger partial charge in [-0.25, -0.2) is 0 Å². The molecule has 1 atom stereocenters. The fourth-order valence-electron chi connectivity index (χ4n) is 3.89. The SMILES string of the molecule is O=C(NC1CN2CCC1CC2)c1ccc(=O)n(-c2cc(Cl)c(Cl)cc2Cl)c1. The summed E-state index contributed by atoms with van der Waals surface area (Å²) in [4.78, 5) is 27.5. The summed E-state index contributed by atoms with van der Waals surface area (Å²) in [6.45, 7) is 3.10. The molecule has 142 valence electrons. The predicted molar refractivity (Wildman–Crippen MR) is 107 cm³/mol. The molecule has 8 heteroatoms. The Hall–Kier alpha value is -1.53. The van der Waals surface area contributed by atoms with Crippen LogP contribution in [0.4, 0.5) is 0 Å². The number of amides is 1. The van der Waals surface area contributed by atoms with Crippen LogP contribution in [0.25, 0.3) is 5.69 Å². The minimum atomic E-state index is -0.310. The van der Waals surface area contributed by atoms with Crippen molar-refractivity contribution in [2.24, 2.45) is 5.92 Å². The molecule has 4 heterocycles. The predicted octanol–water partition coefficient (Wildman–Crippen LogP) is 3.62. The lowest BCUT2D eigenvalue weighted by Crippen LogP contribution is -2.57. The first-order chi connectivity index (χ1) is 12.9. The van der Waals surface area contributed by atoms with Crippen molar-refractivity contribution in [1.82, 2.24) is 14.8 Å². The van der Waals surface area contributed by atoms with E-state index in [1.165, 1.54) is 35.0 Å². The molecule has 1 N–H and O–H groups in total. The van der Waals surface area contributed by atoms with E-state index in [1.807, 2.05) is 0 Å². The number of hydrogen-bond acceptors (Lipinski definition) is 3. The molecule has 0 radical (unpaired) electrons. The van der Waals surface area contributed by atoms with Gasteiger partial charge in [0.2, 0.25) is 0 Å². The molecular weight excluding hydrogens is 409 g/mol. The molecule has 3 aliphatic rings. The third-order valence-electron chi connectivity index (χ3n) is 5.40. The van der Waals surface area contributed by atoms with Crippen molar-refractivity contribution in [2.75, 3.05) is 19.6 Å². The maximum atomic E-state index is 12.8. The van der Waals surface area contributed by atoms with Gasteiger partial charge in [-0.15, -0.1) is 0 Å². The summed E-state index contributed by atoms with van der Waals surface area (Å²) in [5.74, 6) is 0.327. The van der Waals surface area contributed by atoms with Gasteiger partial charge in [0, 0.05) is 24.8 Å². The minimum Gasteiger partial charge on any atom is -0.348 e. The van der Waals surface area contributed by atoms with E-state index in [4.69, 9.17) is 34.8 Å². The Kier molecular flexibility index (Phi) is 5.21. The van der Waals surface area contributed by atoms with Crippen LogP contribution in [0.3, 0.4) is 0 Å². The number of pyridine rings is 1. The Bertz CT molecular complexity index is 952. The number of piperidine rings is 3. The van der Waals surface area contributed by atoms with E-state index >= 15 is 0 Å². The van der Waals surface area contributed by atoms with Crippen LogP contribution < -0.4 is 10.9 Å². The van der Waals surface area contributed by atoms with Crippen LogP contribution in [0.2, 0.25) is 15.1 Å². The summed E-state index contributed by atoms with van der Waals surface area (Å²) in [7, 11) is 0. The van der Waals surface area contributed by atoms with Gasteiger partial charge in [-0.1, -0.05) is 34.8 Å². The Morgan fingerprint density at radius 1 is 1.04 bits per heavy atom. The van der Waals surface area contributed by atoms with Crippen LogP contribution >= 0.6 is 34.8 Å². The highest BCUT2D eigenvalue weighted by Gasteiger charge is 2.35. The highest BCUT2D eigenvalue weighted by atomic mass is 35.5. The summed E-state index contributed by atoms with van der Waals surface area (Å²) in [5, 5.41) is 3.99. The van der Waals surface area contributed by atoms with Crippen molar-refractivity contribution in [3.05, 3.63) is 61.4 Å². The number of rotatable bonds is 3. The molecule has 5 nitrogen and oxygen atoms in total. The van der Waals surface area contributed by atoms with Gasteiger partial charge in [-0.2, -0.15) is 0 Å². The average Bonchev–Trinajstić information content (AvgIpc) is 2.66. The normalized spacial score (nSPS) is 24.0. The van der Waals surface area contributed by atoms with Crippen LogP contribution in [0.5, 0.6) is 0 Å². The molecule has 2 aromatic rings. The van der Waals surface area contributed by atoms with Gasteiger partial charge in [-0.05, 0) is 50.0 Å². The monoisotopic (exact) mass is 425 g/mol. The van der Waals surface area contributed by atoms with Gasteiger partial charge >= 0.3 is 0 Å². The van der Waals surface area contributed by atoms with E-state index < -0.39 is 0 Å². The summed E-state index contributed by atoms with van der Waals surface area (Å²) in [6.07, 6.45) is 3.72. The first kappa shape index (κ1) is 18.8. The average molecular weight is 427 g/mol.